The Bertz CT molecular complexity index is 862. The van der Waals surface area contributed by atoms with E-state index in [0.29, 0.717) is 22.0 Å². The molecule has 106 valence electrons. The molecule has 3 nitrogen and oxygen atoms in total. The second-order valence-electron chi connectivity index (χ2n) is 4.68. The Labute approximate surface area is 120 Å². The highest BCUT2D eigenvalue weighted by atomic mass is 19.3. The molecule has 0 atom stereocenters. The van der Waals surface area contributed by atoms with E-state index in [4.69, 9.17) is 0 Å². The van der Waals surface area contributed by atoms with Crippen molar-refractivity contribution >= 4 is 33.6 Å². The van der Waals surface area contributed by atoms with E-state index >= 15 is 0 Å². The fraction of sp³-hybridized carbons (Fsp3) is 0.125. The lowest BCUT2D eigenvalue weighted by Gasteiger charge is -2.06. The first-order valence-electron chi connectivity index (χ1n) is 6.40. The minimum Gasteiger partial charge on any atom is -0.296 e. The van der Waals surface area contributed by atoms with Crippen molar-refractivity contribution < 1.29 is 8.78 Å². The minimum atomic E-state index is -2.62. The fourth-order valence-corrected chi connectivity index (χ4v) is 2.53. The van der Waals surface area contributed by atoms with Crippen molar-refractivity contribution in [2.24, 2.45) is 4.99 Å². The SMILES string of the molecule is C=C(C=NC)c1ccc2c3cnccc3n(C(F)F)c2c1. The largest absolute Gasteiger partial charge is 0.319 e. The van der Waals surface area contributed by atoms with Crippen molar-refractivity contribution in [3.05, 3.63) is 48.8 Å². The van der Waals surface area contributed by atoms with Gasteiger partial charge in [-0.15, -0.1) is 0 Å². The van der Waals surface area contributed by atoms with Crippen LogP contribution in [0.25, 0.3) is 27.4 Å². The first kappa shape index (κ1) is 13.4. The average Bonchev–Trinajstić information content (AvgIpc) is 2.81. The highest BCUT2D eigenvalue weighted by molar-refractivity contribution is 6.12. The Morgan fingerprint density at radius 3 is 2.81 bits per heavy atom. The molecular formula is C16H13F2N3. The lowest BCUT2D eigenvalue weighted by molar-refractivity contribution is 0.0796. The normalized spacial score (nSPS) is 12.0. The maximum atomic E-state index is 13.4. The van der Waals surface area contributed by atoms with Gasteiger partial charge in [0.05, 0.1) is 11.0 Å². The van der Waals surface area contributed by atoms with E-state index in [0.717, 1.165) is 15.5 Å². The topological polar surface area (TPSA) is 30.2 Å². The van der Waals surface area contributed by atoms with Crippen molar-refractivity contribution in [2.45, 2.75) is 6.55 Å². The van der Waals surface area contributed by atoms with Crippen molar-refractivity contribution in [3.8, 4) is 0 Å². The Hall–Kier alpha value is -2.56. The van der Waals surface area contributed by atoms with Crippen LogP contribution in [-0.4, -0.2) is 22.8 Å². The summed E-state index contributed by atoms with van der Waals surface area (Å²) in [6, 6.07) is 6.99. The number of hydrogen-bond acceptors (Lipinski definition) is 2. The summed E-state index contributed by atoms with van der Waals surface area (Å²) in [5.74, 6) is 0. The molecular weight excluding hydrogens is 272 g/mol. The van der Waals surface area contributed by atoms with Gasteiger partial charge in [-0.2, -0.15) is 8.78 Å². The number of pyridine rings is 1. The van der Waals surface area contributed by atoms with Gasteiger partial charge in [-0.25, -0.2) is 0 Å². The van der Waals surface area contributed by atoms with Crippen LogP contribution in [0.2, 0.25) is 0 Å². The second-order valence-corrected chi connectivity index (χ2v) is 4.68. The van der Waals surface area contributed by atoms with Crippen LogP contribution < -0.4 is 0 Å². The van der Waals surface area contributed by atoms with Gasteiger partial charge < -0.3 is 0 Å². The molecule has 0 saturated carbocycles. The van der Waals surface area contributed by atoms with Crippen LogP contribution in [0.1, 0.15) is 12.1 Å². The van der Waals surface area contributed by atoms with E-state index in [2.05, 4.69) is 16.6 Å². The third-order valence-electron chi connectivity index (χ3n) is 3.46. The van der Waals surface area contributed by atoms with Gasteiger partial charge in [0.2, 0.25) is 0 Å². The van der Waals surface area contributed by atoms with Crippen molar-refractivity contribution in [2.75, 3.05) is 7.05 Å². The lowest BCUT2D eigenvalue weighted by atomic mass is 10.1. The number of hydrogen-bond donors (Lipinski definition) is 0. The standard InChI is InChI=1S/C16H13F2N3/c1-10(8-19-2)11-3-4-12-13-9-20-6-5-14(13)21(16(17)18)15(12)7-11/h3-9,16H,1H2,2H3. The molecule has 2 heterocycles. The number of alkyl halides is 2. The van der Waals surface area contributed by atoms with E-state index in [1.54, 1.807) is 31.6 Å². The number of rotatable bonds is 3. The highest BCUT2D eigenvalue weighted by Crippen LogP contribution is 2.33. The Morgan fingerprint density at radius 1 is 1.29 bits per heavy atom. The number of benzene rings is 1. The lowest BCUT2D eigenvalue weighted by Crippen LogP contribution is -1.97. The van der Waals surface area contributed by atoms with Gasteiger partial charge in [0.15, 0.2) is 0 Å². The van der Waals surface area contributed by atoms with Gasteiger partial charge in [-0.05, 0) is 23.3 Å². The summed E-state index contributed by atoms with van der Waals surface area (Å²) in [7, 11) is 1.64. The molecule has 0 N–H and O–H groups in total. The highest BCUT2D eigenvalue weighted by Gasteiger charge is 2.17. The average molecular weight is 285 g/mol. The number of fused-ring (bicyclic) bond motifs is 3. The Kier molecular flexibility index (Phi) is 3.25. The first-order valence-corrected chi connectivity index (χ1v) is 6.40. The molecule has 1 aromatic carbocycles. The third kappa shape index (κ3) is 2.11. The summed E-state index contributed by atoms with van der Waals surface area (Å²) in [5, 5.41) is 1.47. The van der Waals surface area contributed by atoms with Crippen LogP contribution in [0.15, 0.2) is 48.2 Å². The summed E-state index contributed by atoms with van der Waals surface area (Å²) in [6.45, 7) is 1.28. The van der Waals surface area contributed by atoms with Gasteiger partial charge in [-0.1, -0.05) is 18.7 Å². The van der Waals surface area contributed by atoms with E-state index in [9.17, 15) is 8.78 Å². The zero-order valence-electron chi connectivity index (χ0n) is 11.4. The van der Waals surface area contributed by atoms with Crippen molar-refractivity contribution in [1.29, 1.82) is 0 Å². The monoisotopic (exact) mass is 285 g/mol. The molecule has 21 heavy (non-hydrogen) atoms. The van der Waals surface area contributed by atoms with Crippen LogP contribution in [0.5, 0.6) is 0 Å². The molecule has 0 unspecified atom stereocenters. The molecule has 3 rings (SSSR count). The molecule has 2 aromatic heterocycles. The Morgan fingerprint density at radius 2 is 2.10 bits per heavy atom. The van der Waals surface area contributed by atoms with Crippen molar-refractivity contribution in [1.82, 2.24) is 9.55 Å². The molecule has 0 aliphatic carbocycles. The molecule has 5 heteroatoms. The van der Waals surface area contributed by atoms with Crippen LogP contribution >= 0.6 is 0 Å². The summed E-state index contributed by atoms with van der Waals surface area (Å²) in [5.41, 5.74) is 2.40. The van der Waals surface area contributed by atoms with E-state index < -0.39 is 6.55 Å². The summed E-state index contributed by atoms with van der Waals surface area (Å²) >= 11 is 0. The van der Waals surface area contributed by atoms with Gasteiger partial charge in [0, 0.05) is 36.4 Å². The van der Waals surface area contributed by atoms with E-state index in [1.807, 2.05) is 12.1 Å². The summed E-state index contributed by atoms with van der Waals surface area (Å²) in [4.78, 5) is 7.93. The van der Waals surface area contributed by atoms with Crippen LogP contribution in [0.3, 0.4) is 0 Å². The number of nitrogens with zero attached hydrogens (tertiary/aromatic N) is 3. The fourth-order valence-electron chi connectivity index (χ4n) is 2.53. The molecule has 0 saturated heterocycles. The van der Waals surface area contributed by atoms with Gasteiger partial charge in [0.1, 0.15) is 0 Å². The molecule has 0 spiro atoms. The molecule has 0 fully saturated rings. The quantitative estimate of drug-likeness (QED) is 0.660. The van der Waals surface area contributed by atoms with Gasteiger partial charge >= 0.3 is 6.55 Å². The zero-order valence-corrected chi connectivity index (χ0v) is 11.4. The maximum absolute atomic E-state index is 13.4. The van der Waals surface area contributed by atoms with Crippen LogP contribution in [0, 0.1) is 0 Å². The van der Waals surface area contributed by atoms with E-state index in [-0.39, 0.29) is 0 Å². The number of aliphatic imine (C=N–C) groups is 1. The van der Waals surface area contributed by atoms with Gasteiger partial charge in [-0.3, -0.25) is 14.5 Å². The summed E-state index contributed by atoms with van der Waals surface area (Å²) in [6.07, 6.45) is 4.74. The van der Waals surface area contributed by atoms with E-state index in [1.165, 1.54) is 6.20 Å². The Balaban J connectivity index is 2.36. The molecule has 0 aliphatic rings. The zero-order chi connectivity index (χ0) is 15.0. The molecule has 0 bridgehead atoms. The van der Waals surface area contributed by atoms with Crippen LogP contribution in [0.4, 0.5) is 8.78 Å². The first-order chi connectivity index (χ1) is 10.1. The maximum Gasteiger partial charge on any atom is 0.319 e. The van der Waals surface area contributed by atoms with Crippen molar-refractivity contribution in [3.63, 3.8) is 0 Å². The molecule has 0 amide bonds. The molecule has 3 aromatic rings. The van der Waals surface area contributed by atoms with Crippen LogP contribution in [-0.2, 0) is 0 Å². The minimum absolute atomic E-state index is 0.469. The smallest absolute Gasteiger partial charge is 0.296 e. The second kappa shape index (κ2) is 5.09. The number of allylic oxidation sites excluding steroid dienone is 1. The predicted molar refractivity (Wildman–Crippen MR) is 81.9 cm³/mol. The molecule has 0 aliphatic heterocycles. The number of aromatic nitrogens is 2. The third-order valence-corrected chi connectivity index (χ3v) is 3.46. The van der Waals surface area contributed by atoms with Gasteiger partial charge in [0.25, 0.3) is 0 Å². The summed E-state index contributed by atoms with van der Waals surface area (Å²) < 4.78 is 27.9. The molecule has 0 radical (unpaired) electrons. The number of halogens is 2. The predicted octanol–water partition coefficient (Wildman–Crippen LogP) is 4.30.